The highest BCUT2D eigenvalue weighted by atomic mass is 79.9. The zero-order valence-corrected chi connectivity index (χ0v) is 23.7. The molecule has 6 nitrogen and oxygen atoms in total. The zero-order chi connectivity index (χ0) is 25.4. The van der Waals surface area contributed by atoms with Gasteiger partial charge >= 0.3 is 0 Å². The van der Waals surface area contributed by atoms with Crippen molar-refractivity contribution in [1.29, 1.82) is 0 Å². The molecule has 0 aromatic heterocycles. The second-order valence-corrected chi connectivity index (χ2v) is 12.7. The van der Waals surface area contributed by atoms with E-state index in [-0.39, 0.29) is 29.0 Å². The number of halogens is 2. The highest BCUT2D eigenvalue weighted by molar-refractivity contribution is 9.10. The van der Waals surface area contributed by atoms with Crippen molar-refractivity contribution in [1.82, 2.24) is 9.21 Å². The average molecular weight is 634 g/mol. The summed E-state index contributed by atoms with van der Waals surface area (Å²) in [5, 5.41) is 0. The van der Waals surface area contributed by atoms with E-state index in [9.17, 15) is 13.2 Å². The molecule has 2 aliphatic heterocycles. The normalized spacial score (nSPS) is 18.4. The first kappa shape index (κ1) is 25.4. The van der Waals surface area contributed by atoms with Gasteiger partial charge in [0.2, 0.25) is 15.9 Å². The highest BCUT2D eigenvalue weighted by Crippen LogP contribution is 2.37. The SMILES string of the molecule is CCOc1ccc(Br)cc1S(=O)(=O)N1Cc2ccccc2CC1C(=O)N1CC(c2ccc(Br)cc2)C1. The van der Waals surface area contributed by atoms with Crippen LogP contribution in [-0.4, -0.2) is 49.3 Å². The van der Waals surface area contributed by atoms with Crippen LogP contribution in [0.4, 0.5) is 0 Å². The van der Waals surface area contributed by atoms with Gasteiger partial charge in [0.25, 0.3) is 0 Å². The molecule has 5 rings (SSSR count). The molecule has 0 N–H and O–H groups in total. The number of hydrogen-bond donors (Lipinski definition) is 0. The summed E-state index contributed by atoms with van der Waals surface area (Å²) in [4.78, 5) is 15.6. The van der Waals surface area contributed by atoms with Crippen molar-refractivity contribution < 1.29 is 17.9 Å². The van der Waals surface area contributed by atoms with Crippen molar-refractivity contribution in [3.63, 3.8) is 0 Å². The number of amides is 1. The molecular weight excluding hydrogens is 608 g/mol. The molecule has 1 atom stereocenters. The lowest BCUT2D eigenvalue weighted by Gasteiger charge is -2.44. The Morgan fingerprint density at radius 2 is 1.64 bits per heavy atom. The summed E-state index contributed by atoms with van der Waals surface area (Å²) in [6.07, 6.45) is 0.339. The van der Waals surface area contributed by atoms with Crippen LogP contribution in [-0.2, 0) is 27.8 Å². The standard InChI is InChI=1S/C27H26Br2N2O4S/c1-2-35-25-12-11-23(29)14-26(25)36(33,34)31-17-20-6-4-3-5-19(20)13-24(31)27(32)30-15-21(16-30)18-7-9-22(28)10-8-18/h3-12,14,21,24H,2,13,15-17H2,1H3. The third-order valence-electron chi connectivity index (χ3n) is 6.82. The van der Waals surface area contributed by atoms with Gasteiger partial charge in [0.15, 0.2) is 0 Å². The van der Waals surface area contributed by atoms with Crippen molar-refractivity contribution in [2.75, 3.05) is 19.7 Å². The Balaban J connectivity index is 1.46. The molecule has 188 valence electrons. The highest BCUT2D eigenvalue weighted by Gasteiger charge is 2.44. The Morgan fingerprint density at radius 1 is 0.972 bits per heavy atom. The predicted molar refractivity (Wildman–Crippen MR) is 145 cm³/mol. The Kier molecular flexibility index (Phi) is 7.27. The summed E-state index contributed by atoms with van der Waals surface area (Å²) in [5.41, 5.74) is 3.09. The third kappa shape index (κ3) is 4.86. The fraction of sp³-hybridized carbons (Fsp3) is 0.296. The number of nitrogens with zero attached hydrogens (tertiary/aromatic N) is 2. The van der Waals surface area contributed by atoms with Crippen LogP contribution in [0.2, 0.25) is 0 Å². The van der Waals surface area contributed by atoms with Crippen molar-refractivity contribution in [3.05, 3.63) is 92.4 Å². The predicted octanol–water partition coefficient (Wildman–Crippen LogP) is 5.35. The number of likely N-dealkylation sites (tertiary alicyclic amines) is 1. The molecule has 1 fully saturated rings. The van der Waals surface area contributed by atoms with E-state index in [0.717, 1.165) is 15.6 Å². The number of ether oxygens (including phenoxy) is 1. The molecule has 0 bridgehead atoms. The molecule has 3 aromatic carbocycles. The Bertz CT molecular complexity index is 1390. The van der Waals surface area contributed by atoms with Crippen LogP contribution in [0.5, 0.6) is 5.75 Å². The molecule has 1 unspecified atom stereocenters. The maximum absolute atomic E-state index is 14.1. The summed E-state index contributed by atoms with van der Waals surface area (Å²) in [6, 6.07) is 20.0. The molecule has 0 radical (unpaired) electrons. The van der Waals surface area contributed by atoms with Gasteiger partial charge < -0.3 is 9.64 Å². The van der Waals surface area contributed by atoms with E-state index < -0.39 is 16.1 Å². The number of sulfonamides is 1. The molecular formula is C27H26Br2N2O4S. The van der Waals surface area contributed by atoms with E-state index in [2.05, 4.69) is 44.0 Å². The lowest BCUT2D eigenvalue weighted by Crippen LogP contribution is -2.58. The van der Waals surface area contributed by atoms with E-state index in [1.165, 1.54) is 9.87 Å². The first-order valence-corrected chi connectivity index (χ1v) is 14.9. The zero-order valence-electron chi connectivity index (χ0n) is 19.7. The van der Waals surface area contributed by atoms with Gasteiger partial charge in [-0.25, -0.2) is 8.42 Å². The maximum atomic E-state index is 14.1. The number of rotatable bonds is 6. The molecule has 1 amide bonds. The first-order valence-electron chi connectivity index (χ1n) is 11.8. The van der Waals surface area contributed by atoms with Crippen LogP contribution in [0.25, 0.3) is 0 Å². The van der Waals surface area contributed by atoms with Gasteiger partial charge in [0, 0.05) is 34.5 Å². The summed E-state index contributed by atoms with van der Waals surface area (Å²) >= 11 is 6.85. The summed E-state index contributed by atoms with van der Waals surface area (Å²) in [7, 11) is -4.04. The number of fused-ring (bicyclic) bond motifs is 1. The van der Waals surface area contributed by atoms with Crippen molar-refractivity contribution in [3.8, 4) is 5.75 Å². The average Bonchev–Trinajstić information content (AvgIpc) is 2.84. The van der Waals surface area contributed by atoms with E-state index in [1.807, 2.05) is 43.3 Å². The van der Waals surface area contributed by atoms with E-state index >= 15 is 0 Å². The van der Waals surface area contributed by atoms with Gasteiger partial charge in [-0.05, 0) is 60.4 Å². The van der Waals surface area contributed by atoms with E-state index in [1.54, 1.807) is 23.1 Å². The number of carbonyl (C=O) groups excluding carboxylic acids is 1. The maximum Gasteiger partial charge on any atom is 0.247 e. The van der Waals surface area contributed by atoms with Crippen LogP contribution < -0.4 is 4.74 Å². The smallest absolute Gasteiger partial charge is 0.247 e. The summed E-state index contributed by atoms with van der Waals surface area (Å²) in [6.45, 7) is 3.44. The van der Waals surface area contributed by atoms with Crippen molar-refractivity contribution in [2.45, 2.75) is 36.7 Å². The second kappa shape index (κ2) is 10.3. The number of benzene rings is 3. The molecule has 0 spiro atoms. The third-order valence-corrected chi connectivity index (χ3v) is 9.72. The molecule has 9 heteroatoms. The molecule has 2 aliphatic rings. The lowest BCUT2D eigenvalue weighted by molar-refractivity contribution is -0.140. The topological polar surface area (TPSA) is 66.9 Å². The quantitative estimate of drug-likeness (QED) is 0.367. The van der Waals surface area contributed by atoms with Crippen LogP contribution in [0.3, 0.4) is 0 Å². The molecule has 36 heavy (non-hydrogen) atoms. The van der Waals surface area contributed by atoms with E-state index in [0.29, 0.717) is 30.6 Å². The Labute approximate surface area is 228 Å². The molecule has 2 heterocycles. The minimum absolute atomic E-state index is 0.0623. The molecule has 1 saturated heterocycles. The minimum Gasteiger partial charge on any atom is -0.492 e. The van der Waals surface area contributed by atoms with Gasteiger partial charge in [-0.2, -0.15) is 4.31 Å². The Hall–Kier alpha value is -2.20. The second-order valence-electron chi connectivity index (χ2n) is 9.05. The van der Waals surface area contributed by atoms with Gasteiger partial charge in [0.05, 0.1) is 6.61 Å². The first-order chi connectivity index (χ1) is 17.3. The molecule has 3 aromatic rings. The molecule has 0 saturated carbocycles. The summed E-state index contributed by atoms with van der Waals surface area (Å²) < 4.78 is 36.8. The number of carbonyl (C=O) groups is 1. The van der Waals surface area contributed by atoms with Crippen LogP contribution in [0.15, 0.2) is 80.6 Å². The van der Waals surface area contributed by atoms with Gasteiger partial charge in [0.1, 0.15) is 16.7 Å². The monoisotopic (exact) mass is 632 g/mol. The summed E-state index contributed by atoms with van der Waals surface area (Å²) in [5.74, 6) is 0.372. The van der Waals surface area contributed by atoms with Crippen LogP contribution in [0, 0.1) is 0 Å². The van der Waals surface area contributed by atoms with Crippen LogP contribution >= 0.6 is 31.9 Å². The Morgan fingerprint density at radius 3 is 2.33 bits per heavy atom. The lowest BCUT2D eigenvalue weighted by atomic mass is 9.89. The van der Waals surface area contributed by atoms with Gasteiger partial charge in [-0.15, -0.1) is 0 Å². The fourth-order valence-electron chi connectivity index (χ4n) is 4.86. The minimum atomic E-state index is -4.04. The van der Waals surface area contributed by atoms with Crippen molar-refractivity contribution >= 4 is 47.8 Å². The van der Waals surface area contributed by atoms with Crippen molar-refractivity contribution in [2.24, 2.45) is 0 Å². The van der Waals surface area contributed by atoms with E-state index in [4.69, 9.17) is 4.74 Å². The van der Waals surface area contributed by atoms with Gasteiger partial charge in [-0.3, -0.25) is 4.79 Å². The van der Waals surface area contributed by atoms with Crippen LogP contribution in [0.1, 0.15) is 29.5 Å². The largest absolute Gasteiger partial charge is 0.492 e. The fourth-order valence-corrected chi connectivity index (χ4v) is 7.36. The van der Waals surface area contributed by atoms with Gasteiger partial charge in [-0.1, -0.05) is 68.3 Å². The number of hydrogen-bond acceptors (Lipinski definition) is 4. The molecule has 0 aliphatic carbocycles.